The number of rotatable bonds is 18. The second-order valence-corrected chi connectivity index (χ2v) is 14.2. The molecule has 0 aromatic rings. The normalized spacial score (nSPS) is 25.8. The summed E-state index contributed by atoms with van der Waals surface area (Å²) in [6.07, 6.45) is 50.7. The van der Waals surface area contributed by atoms with E-state index < -0.39 is 0 Å². The van der Waals surface area contributed by atoms with Gasteiger partial charge in [-0.3, -0.25) is 0 Å². The zero-order chi connectivity index (χ0) is 33.3. The van der Waals surface area contributed by atoms with Gasteiger partial charge in [0.05, 0.1) is 0 Å². The molecule has 0 fully saturated rings. The van der Waals surface area contributed by atoms with Gasteiger partial charge in [0.1, 0.15) is 0 Å². The Morgan fingerprint density at radius 2 is 1.91 bits per heavy atom. The molecule has 254 valence electrons. The summed E-state index contributed by atoms with van der Waals surface area (Å²) in [7, 11) is 0. The van der Waals surface area contributed by atoms with Crippen LogP contribution in [0.1, 0.15) is 118 Å². The molecule has 2 heteroatoms. The average molecular weight is 633 g/mol. The van der Waals surface area contributed by atoms with Crippen molar-refractivity contribution in [2.24, 2.45) is 23.7 Å². The van der Waals surface area contributed by atoms with E-state index in [2.05, 4.69) is 118 Å². The third-order valence-corrected chi connectivity index (χ3v) is 10.9. The van der Waals surface area contributed by atoms with Crippen molar-refractivity contribution in [2.75, 3.05) is 6.54 Å². The summed E-state index contributed by atoms with van der Waals surface area (Å²) >= 11 is 0. The van der Waals surface area contributed by atoms with E-state index in [1.54, 1.807) is 11.8 Å². The predicted molar refractivity (Wildman–Crippen MR) is 207 cm³/mol. The van der Waals surface area contributed by atoms with Gasteiger partial charge in [-0.05, 0) is 129 Å². The van der Waals surface area contributed by atoms with Crippen molar-refractivity contribution in [1.82, 2.24) is 5.32 Å². The second kappa shape index (κ2) is 20.4. The number of nitrogens with one attached hydrogen (secondary N) is 2. The van der Waals surface area contributed by atoms with Gasteiger partial charge in [-0.2, -0.15) is 0 Å². The van der Waals surface area contributed by atoms with Crippen molar-refractivity contribution in [3.63, 3.8) is 0 Å². The Kier molecular flexibility index (Phi) is 16.0. The molecule has 0 aliphatic heterocycles. The van der Waals surface area contributed by atoms with Gasteiger partial charge in [-0.1, -0.05) is 131 Å². The topological polar surface area (TPSA) is 35.9 Å². The molecule has 0 aromatic heterocycles. The van der Waals surface area contributed by atoms with Crippen LogP contribution in [0, 0.1) is 29.1 Å². The summed E-state index contributed by atoms with van der Waals surface area (Å²) < 4.78 is 0. The van der Waals surface area contributed by atoms with Gasteiger partial charge in [0.25, 0.3) is 0 Å². The van der Waals surface area contributed by atoms with Crippen molar-refractivity contribution in [3.05, 3.63) is 119 Å². The minimum Gasteiger partial charge on any atom is -0.308 e. The maximum atomic E-state index is 8.38. The van der Waals surface area contributed by atoms with Crippen LogP contribution in [0.5, 0.6) is 0 Å². The van der Waals surface area contributed by atoms with Crippen molar-refractivity contribution in [1.29, 1.82) is 5.41 Å². The van der Waals surface area contributed by atoms with Crippen LogP contribution in [0.15, 0.2) is 119 Å². The first kappa shape index (κ1) is 36.9. The Morgan fingerprint density at radius 1 is 1.02 bits per heavy atom. The molecule has 2 nitrogen and oxygen atoms in total. The summed E-state index contributed by atoms with van der Waals surface area (Å²) in [5, 5.41) is 12.2. The van der Waals surface area contributed by atoms with Crippen molar-refractivity contribution >= 4 is 6.21 Å². The minimum atomic E-state index is 0.413. The summed E-state index contributed by atoms with van der Waals surface area (Å²) in [5.41, 5.74) is 8.73. The van der Waals surface area contributed by atoms with Crippen molar-refractivity contribution in [2.45, 2.75) is 124 Å². The Balaban J connectivity index is 1.48. The number of allylic oxidation sites excluding steroid dienone is 16. The lowest BCUT2D eigenvalue weighted by molar-refractivity contribution is 0.229. The lowest BCUT2D eigenvalue weighted by Gasteiger charge is -2.40. The van der Waals surface area contributed by atoms with Crippen LogP contribution < -0.4 is 5.32 Å². The van der Waals surface area contributed by atoms with E-state index in [0.717, 1.165) is 57.9 Å². The Bertz CT molecular complexity index is 1320. The summed E-state index contributed by atoms with van der Waals surface area (Å²) in [6.45, 7) is 10.2. The maximum absolute atomic E-state index is 8.38. The largest absolute Gasteiger partial charge is 0.308 e. The third-order valence-electron chi connectivity index (χ3n) is 10.9. The minimum absolute atomic E-state index is 0.413. The highest BCUT2D eigenvalue weighted by molar-refractivity contribution is 5.83. The zero-order valence-corrected chi connectivity index (χ0v) is 30.2. The van der Waals surface area contributed by atoms with Crippen LogP contribution in [0.3, 0.4) is 0 Å². The molecule has 0 heterocycles. The van der Waals surface area contributed by atoms with E-state index in [0.29, 0.717) is 29.7 Å². The molecule has 0 aromatic carbocycles. The lowest BCUT2D eigenvalue weighted by Crippen LogP contribution is -2.30. The molecule has 2 N–H and O–H groups in total. The SMILES string of the molecule is CC/C=C\C1C=CC=C(/C(=C/CC(C)C2CCC(/C(C=N)=C/CC/C(=C/CCCC)CC)=C3C=CCCC32)CNC2C=CC=CC2)C1. The number of unbranched alkanes of at least 4 members (excludes halogenated alkanes) is 2. The highest BCUT2D eigenvalue weighted by Crippen LogP contribution is 2.46. The van der Waals surface area contributed by atoms with Gasteiger partial charge >= 0.3 is 0 Å². The van der Waals surface area contributed by atoms with E-state index in [1.165, 1.54) is 66.4 Å². The molecule has 0 spiro atoms. The predicted octanol–water partition coefficient (Wildman–Crippen LogP) is 12.4. The fraction of sp³-hybridized carbons (Fsp3) is 0.533. The lowest BCUT2D eigenvalue weighted by atomic mass is 9.65. The first-order valence-corrected chi connectivity index (χ1v) is 19.2. The Morgan fingerprint density at radius 3 is 2.68 bits per heavy atom. The van der Waals surface area contributed by atoms with Crippen LogP contribution in [-0.2, 0) is 0 Å². The van der Waals surface area contributed by atoms with Crippen LogP contribution in [-0.4, -0.2) is 18.8 Å². The number of fused-ring (bicyclic) bond motifs is 1. The molecule has 5 atom stereocenters. The smallest absolute Gasteiger partial charge is 0.0290 e. The van der Waals surface area contributed by atoms with Crippen LogP contribution in [0.25, 0.3) is 0 Å². The highest BCUT2D eigenvalue weighted by Gasteiger charge is 2.35. The molecule has 4 rings (SSSR count). The van der Waals surface area contributed by atoms with Crippen molar-refractivity contribution in [3.8, 4) is 0 Å². The molecule has 0 radical (unpaired) electrons. The van der Waals surface area contributed by atoms with Gasteiger partial charge in [-0.15, -0.1) is 0 Å². The molecule has 0 saturated heterocycles. The summed E-state index contributed by atoms with van der Waals surface area (Å²) in [4.78, 5) is 0. The molecular formula is C45H64N2. The van der Waals surface area contributed by atoms with Gasteiger partial charge in [0.15, 0.2) is 0 Å². The molecule has 0 bridgehead atoms. The summed E-state index contributed by atoms with van der Waals surface area (Å²) in [6, 6.07) is 0.413. The van der Waals surface area contributed by atoms with Crippen LogP contribution >= 0.6 is 0 Å². The maximum Gasteiger partial charge on any atom is 0.0290 e. The number of hydrogen-bond acceptors (Lipinski definition) is 2. The first-order chi connectivity index (χ1) is 23.1. The number of hydrogen-bond donors (Lipinski definition) is 2. The van der Waals surface area contributed by atoms with Gasteiger partial charge < -0.3 is 10.7 Å². The summed E-state index contributed by atoms with van der Waals surface area (Å²) in [5.74, 6) is 2.42. The van der Waals surface area contributed by atoms with Crippen molar-refractivity contribution < 1.29 is 0 Å². The average Bonchev–Trinajstić information content (AvgIpc) is 3.12. The Labute approximate surface area is 288 Å². The molecule has 47 heavy (non-hydrogen) atoms. The molecule has 0 saturated carbocycles. The van der Waals surface area contributed by atoms with E-state index in [1.807, 2.05) is 0 Å². The molecule has 5 unspecified atom stereocenters. The van der Waals surface area contributed by atoms with Gasteiger partial charge in [0, 0.05) is 18.8 Å². The van der Waals surface area contributed by atoms with E-state index in [-0.39, 0.29) is 0 Å². The monoisotopic (exact) mass is 633 g/mol. The van der Waals surface area contributed by atoms with E-state index >= 15 is 0 Å². The molecule has 4 aliphatic carbocycles. The molecular weight excluding hydrogens is 569 g/mol. The van der Waals surface area contributed by atoms with Gasteiger partial charge in [0.2, 0.25) is 0 Å². The van der Waals surface area contributed by atoms with Gasteiger partial charge in [-0.25, -0.2) is 0 Å². The highest BCUT2D eigenvalue weighted by atomic mass is 14.9. The van der Waals surface area contributed by atoms with Crippen LogP contribution in [0.4, 0.5) is 0 Å². The quantitative estimate of drug-likeness (QED) is 0.0880. The van der Waals surface area contributed by atoms with E-state index in [9.17, 15) is 0 Å². The zero-order valence-electron chi connectivity index (χ0n) is 30.2. The second-order valence-electron chi connectivity index (χ2n) is 14.2. The first-order valence-electron chi connectivity index (χ1n) is 19.2. The van der Waals surface area contributed by atoms with Crippen LogP contribution in [0.2, 0.25) is 0 Å². The Hall–Kier alpha value is -2.97. The van der Waals surface area contributed by atoms with E-state index in [4.69, 9.17) is 5.41 Å². The molecule has 4 aliphatic rings. The third kappa shape index (κ3) is 11.3. The fourth-order valence-electron chi connectivity index (χ4n) is 7.98. The fourth-order valence-corrected chi connectivity index (χ4v) is 7.98. The molecule has 0 amide bonds. The standard InChI is InChI=1S/C45H64N2/c1-5-8-11-19-36(7-3)20-16-23-39(33-46)43-31-30-42(44-26-14-15-27-45(43)44)35(4)28-29-40(34-47-41-24-12-10-13-25-41)38-22-17-21-37(32-38)18-9-6-2/h9-10,12-13,15,17-19,21-24,27,29,33,35,37,41-42,44,46-47H,5-8,11,14,16,20,25-26,28,30-32,34H2,1-4H3/b18-9-,36-19+,39-23+,40-29+,46-33?.